The molecule has 1 fully saturated rings. The van der Waals surface area contributed by atoms with Crippen LogP contribution in [0.25, 0.3) is 0 Å². The number of nitrogens with zero attached hydrogens (tertiary/aromatic N) is 1. The summed E-state index contributed by atoms with van der Waals surface area (Å²) >= 11 is 5.04. The van der Waals surface area contributed by atoms with Crippen molar-refractivity contribution in [1.82, 2.24) is 10.2 Å². The molecule has 124 valence electrons. The van der Waals surface area contributed by atoms with Crippen molar-refractivity contribution in [3.8, 4) is 0 Å². The zero-order chi connectivity index (χ0) is 17.4. The van der Waals surface area contributed by atoms with Crippen LogP contribution in [0.1, 0.15) is 33.1 Å². The van der Waals surface area contributed by atoms with E-state index in [0.29, 0.717) is 5.92 Å². The largest absolute Gasteiger partial charge is 0.298 e. The number of thiocarbonyl (C=S) groups is 1. The first-order chi connectivity index (χ1) is 11.0. The molecular formula is C18H24N2O2S. The van der Waals surface area contributed by atoms with E-state index < -0.39 is 5.91 Å². The van der Waals surface area contributed by atoms with E-state index in [-0.39, 0.29) is 23.1 Å². The molecule has 1 atom stereocenters. The van der Waals surface area contributed by atoms with Crippen molar-refractivity contribution in [3.05, 3.63) is 48.6 Å². The second kappa shape index (κ2) is 9.20. The Labute approximate surface area is 143 Å². The number of carbonyl (C=O) groups is 2. The van der Waals surface area contributed by atoms with Crippen molar-refractivity contribution in [2.45, 2.75) is 33.1 Å². The molecule has 0 aromatic heterocycles. The summed E-state index contributed by atoms with van der Waals surface area (Å²) in [6.07, 6.45) is 9.83. The number of allylic oxidation sites excluding steroid dienone is 4. The van der Waals surface area contributed by atoms with E-state index in [2.05, 4.69) is 31.5 Å². The second-order valence-electron chi connectivity index (χ2n) is 5.31. The van der Waals surface area contributed by atoms with Crippen molar-refractivity contribution in [2.75, 3.05) is 6.54 Å². The zero-order valence-electron chi connectivity index (χ0n) is 13.8. The summed E-state index contributed by atoms with van der Waals surface area (Å²) in [5, 5.41) is 2.68. The highest BCUT2D eigenvalue weighted by atomic mass is 32.1. The van der Waals surface area contributed by atoms with Crippen LogP contribution in [0.4, 0.5) is 0 Å². The van der Waals surface area contributed by atoms with E-state index in [0.717, 1.165) is 24.8 Å². The van der Waals surface area contributed by atoms with Gasteiger partial charge in [0.15, 0.2) is 5.11 Å². The fraction of sp³-hybridized carbons (Fsp3) is 0.389. The van der Waals surface area contributed by atoms with Gasteiger partial charge in [0, 0.05) is 6.54 Å². The summed E-state index contributed by atoms with van der Waals surface area (Å²) in [5.41, 5.74) is 1.07. The van der Waals surface area contributed by atoms with Crippen molar-refractivity contribution < 1.29 is 9.59 Å². The molecule has 1 unspecified atom stereocenters. The van der Waals surface area contributed by atoms with Gasteiger partial charge in [-0.1, -0.05) is 37.6 Å². The Balaban J connectivity index is 3.14. The van der Waals surface area contributed by atoms with Crippen LogP contribution < -0.4 is 5.32 Å². The van der Waals surface area contributed by atoms with Crippen molar-refractivity contribution in [1.29, 1.82) is 0 Å². The Kier molecular flexibility index (Phi) is 7.62. The van der Waals surface area contributed by atoms with E-state index in [1.807, 2.05) is 13.0 Å². The van der Waals surface area contributed by atoms with E-state index in [1.165, 1.54) is 4.90 Å². The Morgan fingerprint density at radius 3 is 2.52 bits per heavy atom. The quantitative estimate of drug-likeness (QED) is 0.321. The molecule has 5 heteroatoms. The minimum atomic E-state index is -0.448. The summed E-state index contributed by atoms with van der Waals surface area (Å²) < 4.78 is 0. The number of amides is 2. The summed E-state index contributed by atoms with van der Waals surface area (Å²) in [6, 6.07) is 0. The van der Waals surface area contributed by atoms with Crippen molar-refractivity contribution >= 4 is 29.1 Å². The second-order valence-corrected chi connectivity index (χ2v) is 5.70. The molecule has 1 rings (SSSR count). The van der Waals surface area contributed by atoms with Gasteiger partial charge in [-0.25, -0.2) is 0 Å². The van der Waals surface area contributed by atoms with Crippen LogP contribution in [0.15, 0.2) is 48.6 Å². The summed E-state index contributed by atoms with van der Waals surface area (Å²) in [4.78, 5) is 25.9. The molecule has 1 aliphatic rings. The summed E-state index contributed by atoms with van der Waals surface area (Å²) in [6.45, 7) is 11.8. The maximum absolute atomic E-state index is 12.5. The Morgan fingerprint density at radius 1 is 1.30 bits per heavy atom. The van der Waals surface area contributed by atoms with Crippen LogP contribution in [0.5, 0.6) is 0 Å². The third-order valence-corrected chi connectivity index (χ3v) is 4.00. The van der Waals surface area contributed by atoms with Crippen molar-refractivity contribution in [2.24, 2.45) is 5.92 Å². The average molecular weight is 332 g/mol. The minimum Gasteiger partial charge on any atom is -0.298 e. The van der Waals surface area contributed by atoms with Gasteiger partial charge in [0.05, 0.1) is 0 Å². The minimum absolute atomic E-state index is 0.113. The van der Waals surface area contributed by atoms with Crippen LogP contribution in [0.2, 0.25) is 0 Å². The highest BCUT2D eigenvalue weighted by Gasteiger charge is 2.32. The molecule has 0 aromatic rings. The number of rotatable bonds is 8. The van der Waals surface area contributed by atoms with Crippen LogP contribution >= 0.6 is 12.2 Å². The molecule has 1 heterocycles. The zero-order valence-corrected chi connectivity index (χ0v) is 14.6. The Hall–Kier alpha value is -2.01. The molecular weight excluding hydrogens is 308 g/mol. The van der Waals surface area contributed by atoms with Gasteiger partial charge >= 0.3 is 0 Å². The smallest absolute Gasteiger partial charge is 0.265 e. The molecule has 0 radical (unpaired) electrons. The fourth-order valence-electron chi connectivity index (χ4n) is 2.31. The fourth-order valence-corrected chi connectivity index (χ4v) is 2.56. The Bertz CT molecular complexity index is 576. The molecule has 1 saturated heterocycles. The molecule has 0 bridgehead atoms. The van der Waals surface area contributed by atoms with Gasteiger partial charge in [-0.3, -0.25) is 19.8 Å². The normalized spacial score (nSPS) is 18.9. The first-order valence-electron chi connectivity index (χ1n) is 7.79. The SMILES string of the molecule is C=CCC(C=C(C=C1C(=O)NC(=S)N(CC=C)C1=O)CC)CC. The topological polar surface area (TPSA) is 49.4 Å². The molecule has 0 aromatic carbocycles. The molecule has 23 heavy (non-hydrogen) atoms. The molecule has 4 nitrogen and oxygen atoms in total. The number of nitrogens with one attached hydrogen (secondary N) is 1. The lowest BCUT2D eigenvalue weighted by molar-refractivity contribution is -0.128. The van der Waals surface area contributed by atoms with Gasteiger partial charge in [-0.05, 0) is 43.5 Å². The Morgan fingerprint density at radius 2 is 2.00 bits per heavy atom. The molecule has 0 saturated carbocycles. The monoisotopic (exact) mass is 332 g/mol. The maximum Gasteiger partial charge on any atom is 0.265 e. The number of hydrogen-bond donors (Lipinski definition) is 1. The summed E-state index contributed by atoms with van der Waals surface area (Å²) in [7, 11) is 0. The molecule has 1 aliphatic heterocycles. The predicted octanol–water partition coefficient (Wildman–Crippen LogP) is 3.28. The lowest BCUT2D eigenvalue weighted by atomic mass is 9.96. The number of hydrogen-bond acceptors (Lipinski definition) is 3. The van der Waals surface area contributed by atoms with E-state index >= 15 is 0 Å². The lowest BCUT2D eigenvalue weighted by Gasteiger charge is -2.28. The maximum atomic E-state index is 12.5. The average Bonchev–Trinajstić information content (AvgIpc) is 2.53. The third kappa shape index (κ3) is 4.99. The van der Waals surface area contributed by atoms with E-state index in [4.69, 9.17) is 12.2 Å². The van der Waals surface area contributed by atoms with Crippen LogP contribution in [-0.2, 0) is 9.59 Å². The van der Waals surface area contributed by atoms with Crippen molar-refractivity contribution in [3.63, 3.8) is 0 Å². The summed E-state index contributed by atoms with van der Waals surface area (Å²) in [5.74, 6) is -0.474. The van der Waals surface area contributed by atoms with Gasteiger partial charge in [0.2, 0.25) is 0 Å². The van der Waals surface area contributed by atoms with Gasteiger partial charge in [-0.15, -0.1) is 13.2 Å². The number of carbonyl (C=O) groups excluding carboxylic acids is 2. The lowest BCUT2D eigenvalue weighted by Crippen LogP contribution is -2.54. The van der Waals surface area contributed by atoms with Gasteiger partial charge in [-0.2, -0.15) is 0 Å². The van der Waals surface area contributed by atoms with Crippen LogP contribution in [-0.4, -0.2) is 28.4 Å². The highest BCUT2D eigenvalue weighted by Crippen LogP contribution is 2.19. The van der Waals surface area contributed by atoms with E-state index in [1.54, 1.807) is 12.2 Å². The first-order valence-corrected chi connectivity index (χ1v) is 8.20. The van der Waals surface area contributed by atoms with Gasteiger partial charge in [0.1, 0.15) is 5.57 Å². The molecule has 2 amide bonds. The van der Waals surface area contributed by atoms with Gasteiger partial charge < -0.3 is 0 Å². The molecule has 1 N–H and O–H groups in total. The predicted molar refractivity (Wildman–Crippen MR) is 97.7 cm³/mol. The highest BCUT2D eigenvalue weighted by molar-refractivity contribution is 7.80. The van der Waals surface area contributed by atoms with Crippen LogP contribution in [0, 0.1) is 5.92 Å². The van der Waals surface area contributed by atoms with Crippen LogP contribution in [0.3, 0.4) is 0 Å². The first kappa shape index (κ1) is 19.0. The molecule has 0 aliphatic carbocycles. The van der Waals surface area contributed by atoms with E-state index in [9.17, 15) is 9.59 Å². The standard InChI is InChI=1S/C18H24N2O2S/c1-5-9-13(7-3)11-14(8-4)12-15-16(21)19-18(23)20(10-6-2)17(15)22/h5-6,11-13H,1-2,7-10H2,3-4H3,(H,19,21,23). The third-order valence-electron chi connectivity index (χ3n) is 3.68. The molecule has 0 spiro atoms. The van der Waals surface area contributed by atoms with Gasteiger partial charge in [0.25, 0.3) is 11.8 Å².